The molecular weight excluding hydrogens is 679 g/mol. The predicted octanol–water partition coefficient (Wildman–Crippen LogP) is 15.5. The summed E-state index contributed by atoms with van der Waals surface area (Å²) in [4.78, 5) is 2.40. The standard InChI is InChI=1S/C54H35NO/c1-3-16-45-36(11-1)13-10-20-47(45)38-25-29-43(30-26-38)55(44-15-9-14-39(34-44)40-28-32-54-51(35-40)50-19-6-8-22-53(50)56-54)52-21-7-5-18-49(52)42-27-31-48-41(33-42)24-23-37-12-2-4-17-46(37)48/h1-35H. The van der Waals surface area contributed by atoms with Crippen molar-refractivity contribution in [2.75, 3.05) is 4.90 Å². The molecule has 11 rings (SSSR count). The smallest absolute Gasteiger partial charge is 0.135 e. The molecular formula is C54H35NO. The first-order valence-corrected chi connectivity index (χ1v) is 19.2. The van der Waals surface area contributed by atoms with Crippen LogP contribution in [0, 0.1) is 0 Å². The van der Waals surface area contributed by atoms with Crippen LogP contribution in [0.3, 0.4) is 0 Å². The number of nitrogens with zero attached hydrogens (tertiary/aromatic N) is 1. The van der Waals surface area contributed by atoms with E-state index in [1.807, 2.05) is 12.1 Å². The fourth-order valence-electron chi connectivity index (χ4n) is 8.52. The van der Waals surface area contributed by atoms with E-state index in [-0.39, 0.29) is 0 Å². The van der Waals surface area contributed by atoms with Crippen LogP contribution in [0.5, 0.6) is 0 Å². The van der Waals surface area contributed by atoms with Crippen molar-refractivity contribution in [2.45, 2.75) is 0 Å². The molecule has 0 bridgehead atoms. The summed E-state index contributed by atoms with van der Waals surface area (Å²) >= 11 is 0. The minimum absolute atomic E-state index is 0.899. The second-order valence-electron chi connectivity index (χ2n) is 14.5. The van der Waals surface area contributed by atoms with E-state index >= 15 is 0 Å². The Labute approximate surface area is 325 Å². The molecule has 0 atom stereocenters. The number of fused-ring (bicyclic) bond motifs is 7. The van der Waals surface area contributed by atoms with Gasteiger partial charge in [-0.25, -0.2) is 0 Å². The number of benzene rings is 10. The lowest BCUT2D eigenvalue weighted by atomic mass is 9.95. The van der Waals surface area contributed by atoms with Crippen LogP contribution in [0.4, 0.5) is 17.1 Å². The molecule has 0 aliphatic rings. The van der Waals surface area contributed by atoms with Gasteiger partial charge in [0, 0.05) is 27.7 Å². The summed E-state index contributed by atoms with van der Waals surface area (Å²) in [5.41, 5.74) is 12.1. The summed E-state index contributed by atoms with van der Waals surface area (Å²) in [5.74, 6) is 0. The topological polar surface area (TPSA) is 16.4 Å². The average molecular weight is 714 g/mol. The van der Waals surface area contributed by atoms with Crippen LogP contribution in [0.1, 0.15) is 0 Å². The van der Waals surface area contributed by atoms with Crippen molar-refractivity contribution in [3.05, 3.63) is 212 Å². The van der Waals surface area contributed by atoms with E-state index in [9.17, 15) is 0 Å². The molecule has 0 fully saturated rings. The van der Waals surface area contributed by atoms with E-state index in [2.05, 4.69) is 205 Å². The third-order valence-electron chi connectivity index (χ3n) is 11.2. The first-order valence-electron chi connectivity index (χ1n) is 19.2. The highest BCUT2D eigenvalue weighted by Crippen LogP contribution is 2.44. The van der Waals surface area contributed by atoms with Crippen molar-refractivity contribution >= 4 is 71.3 Å². The van der Waals surface area contributed by atoms with Crippen LogP contribution in [0.2, 0.25) is 0 Å². The molecule has 0 saturated heterocycles. The molecule has 10 aromatic carbocycles. The molecule has 2 nitrogen and oxygen atoms in total. The molecule has 0 aliphatic carbocycles. The minimum atomic E-state index is 0.899. The predicted molar refractivity (Wildman–Crippen MR) is 237 cm³/mol. The van der Waals surface area contributed by atoms with Crippen molar-refractivity contribution in [3.63, 3.8) is 0 Å². The Morgan fingerprint density at radius 1 is 0.286 bits per heavy atom. The number of furan rings is 1. The lowest BCUT2D eigenvalue weighted by Gasteiger charge is -2.28. The van der Waals surface area contributed by atoms with Gasteiger partial charge in [0.1, 0.15) is 11.2 Å². The maximum Gasteiger partial charge on any atom is 0.135 e. The Morgan fingerprint density at radius 2 is 0.893 bits per heavy atom. The summed E-state index contributed by atoms with van der Waals surface area (Å²) in [7, 11) is 0. The summed E-state index contributed by atoms with van der Waals surface area (Å²) < 4.78 is 6.18. The second kappa shape index (κ2) is 13.2. The lowest BCUT2D eigenvalue weighted by Crippen LogP contribution is -2.11. The van der Waals surface area contributed by atoms with Gasteiger partial charge in [0.2, 0.25) is 0 Å². The maximum absolute atomic E-state index is 6.18. The number of para-hydroxylation sites is 2. The average Bonchev–Trinajstić information content (AvgIpc) is 3.65. The summed E-state index contributed by atoms with van der Waals surface area (Å²) in [6.07, 6.45) is 0. The van der Waals surface area contributed by atoms with Crippen molar-refractivity contribution in [2.24, 2.45) is 0 Å². The van der Waals surface area contributed by atoms with Crippen LogP contribution >= 0.6 is 0 Å². The first kappa shape index (κ1) is 32.0. The van der Waals surface area contributed by atoms with Crippen LogP contribution < -0.4 is 4.90 Å². The number of hydrogen-bond donors (Lipinski definition) is 0. The number of anilines is 3. The van der Waals surface area contributed by atoms with Gasteiger partial charge in [0.05, 0.1) is 5.69 Å². The van der Waals surface area contributed by atoms with Crippen molar-refractivity contribution < 1.29 is 4.42 Å². The third kappa shape index (κ3) is 5.42. The van der Waals surface area contributed by atoms with E-state index in [1.165, 1.54) is 49.0 Å². The van der Waals surface area contributed by atoms with Crippen LogP contribution in [0.25, 0.3) is 87.6 Å². The van der Waals surface area contributed by atoms with Crippen molar-refractivity contribution in [3.8, 4) is 33.4 Å². The molecule has 1 heterocycles. The lowest BCUT2D eigenvalue weighted by molar-refractivity contribution is 0.669. The first-order chi connectivity index (χ1) is 27.7. The van der Waals surface area contributed by atoms with Gasteiger partial charge >= 0.3 is 0 Å². The number of rotatable bonds is 6. The largest absolute Gasteiger partial charge is 0.456 e. The molecule has 0 unspecified atom stereocenters. The van der Waals surface area contributed by atoms with Gasteiger partial charge in [-0.15, -0.1) is 0 Å². The van der Waals surface area contributed by atoms with E-state index in [4.69, 9.17) is 4.42 Å². The van der Waals surface area contributed by atoms with Crippen molar-refractivity contribution in [1.82, 2.24) is 0 Å². The van der Waals surface area contributed by atoms with Gasteiger partial charge in [0.15, 0.2) is 0 Å². The van der Waals surface area contributed by atoms with Crippen molar-refractivity contribution in [1.29, 1.82) is 0 Å². The Bertz CT molecular complexity index is 3260. The third-order valence-corrected chi connectivity index (χ3v) is 11.2. The summed E-state index contributed by atoms with van der Waals surface area (Å²) in [5, 5.41) is 9.77. The number of hydrogen-bond acceptors (Lipinski definition) is 2. The van der Waals surface area contributed by atoms with Crippen LogP contribution in [-0.2, 0) is 0 Å². The molecule has 0 aliphatic heterocycles. The fraction of sp³-hybridized carbons (Fsp3) is 0. The highest BCUT2D eigenvalue weighted by Gasteiger charge is 2.19. The normalized spacial score (nSPS) is 11.6. The Balaban J connectivity index is 1.07. The highest BCUT2D eigenvalue weighted by molar-refractivity contribution is 6.09. The molecule has 0 amide bonds. The van der Waals surface area contributed by atoms with Crippen LogP contribution in [-0.4, -0.2) is 0 Å². The fourth-order valence-corrected chi connectivity index (χ4v) is 8.52. The minimum Gasteiger partial charge on any atom is -0.456 e. The Hall–Kier alpha value is -7.42. The van der Waals surface area contributed by atoms with Gasteiger partial charge in [-0.05, 0) is 115 Å². The molecule has 0 spiro atoms. The van der Waals surface area contributed by atoms with E-state index in [0.717, 1.165) is 55.7 Å². The molecule has 0 saturated carbocycles. The monoisotopic (exact) mass is 713 g/mol. The molecule has 2 heteroatoms. The van der Waals surface area contributed by atoms with Gasteiger partial charge < -0.3 is 9.32 Å². The molecule has 56 heavy (non-hydrogen) atoms. The zero-order valence-electron chi connectivity index (χ0n) is 30.6. The van der Waals surface area contributed by atoms with Gasteiger partial charge in [-0.2, -0.15) is 0 Å². The molecule has 11 aromatic rings. The zero-order valence-corrected chi connectivity index (χ0v) is 30.6. The Morgan fingerprint density at radius 3 is 1.79 bits per heavy atom. The SMILES string of the molecule is c1cc(-c2ccc3oc4ccccc4c3c2)cc(N(c2ccc(-c3cccc4ccccc34)cc2)c2ccccc2-c2ccc3c(ccc4ccccc43)c2)c1. The highest BCUT2D eigenvalue weighted by atomic mass is 16.3. The molecule has 1 aromatic heterocycles. The molecule has 262 valence electrons. The second-order valence-corrected chi connectivity index (χ2v) is 14.5. The molecule has 0 N–H and O–H groups in total. The summed E-state index contributed by atoms with van der Waals surface area (Å²) in [6.45, 7) is 0. The quantitative estimate of drug-likeness (QED) is 0.160. The van der Waals surface area contributed by atoms with E-state index in [1.54, 1.807) is 0 Å². The summed E-state index contributed by atoms with van der Waals surface area (Å²) in [6, 6.07) is 76.7. The molecule has 0 radical (unpaired) electrons. The van der Waals surface area contributed by atoms with Gasteiger partial charge in [-0.1, -0.05) is 158 Å². The van der Waals surface area contributed by atoms with Gasteiger partial charge in [-0.3, -0.25) is 0 Å². The van der Waals surface area contributed by atoms with E-state index in [0.29, 0.717) is 0 Å². The van der Waals surface area contributed by atoms with E-state index < -0.39 is 0 Å². The van der Waals surface area contributed by atoms with Crippen LogP contribution in [0.15, 0.2) is 217 Å². The maximum atomic E-state index is 6.18. The Kier molecular flexibility index (Phi) is 7.53. The van der Waals surface area contributed by atoms with Gasteiger partial charge in [0.25, 0.3) is 0 Å². The zero-order chi connectivity index (χ0) is 37.0.